The molecule has 0 heterocycles. The summed E-state index contributed by atoms with van der Waals surface area (Å²) in [5, 5.41) is 0. The van der Waals surface area contributed by atoms with E-state index in [0.29, 0.717) is 12.7 Å². The number of Topliss-reactive ketones (excluding diaryl/α,β-unsaturated/α-hetero) is 1. The van der Waals surface area contributed by atoms with Crippen LogP contribution >= 0.6 is 0 Å². The molecule has 0 aliphatic rings. The standard InChI is InChI=1S/C14H26O3/c1-12(2)14(15)11-16-9-7-5-6-8-10-17-13(3)4/h5-6,12-13H,7-11H2,1-4H3/b6-5+. The normalized spacial score (nSPS) is 11.9. The molecule has 17 heavy (non-hydrogen) atoms. The largest absolute Gasteiger partial charge is 0.378 e. The van der Waals surface area contributed by atoms with E-state index in [4.69, 9.17) is 9.47 Å². The molecule has 100 valence electrons. The van der Waals surface area contributed by atoms with Gasteiger partial charge in [0, 0.05) is 5.92 Å². The van der Waals surface area contributed by atoms with Crippen molar-refractivity contribution in [3.63, 3.8) is 0 Å². The average Bonchev–Trinajstić information content (AvgIpc) is 2.25. The molecule has 0 rings (SSSR count). The van der Waals surface area contributed by atoms with Gasteiger partial charge < -0.3 is 9.47 Å². The summed E-state index contributed by atoms with van der Waals surface area (Å²) in [5.41, 5.74) is 0. The number of rotatable bonds is 10. The number of ether oxygens (including phenoxy) is 2. The van der Waals surface area contributed by atoms with Crippen molar-refractivity contribution in [2.75, 3.05) is 19.8 Å². The van der Waals surface area contributed by atoms with Crippen molar-refractivity contribution < 1.29 is 14.3 Å². The lowest BCUT2D eigenvalue weighted by Crippen LogP contribution is -2.14. The fourth-order valence-electron chi connectivity index (χ4n) is 1.10. The second-order valence-electron chi connectivity index (χ2n) is 4.64. The van der Waals surface area contributed by atoms with Crippen LogP contribution in [0, 0.1) is 5.92 Å². The Balaban J connectivity index is 3.28. The van der Waals surface area contributed by atoms with Crippen molar-refractivity contribution in [3.05, 3.63) is 12.2 Å². The van der Waals surface area contributed by atoms with Crippen molar-refractivity contribution in [1.29, 1.82) is 0 Å². The highest BCUT2D eigenvalue weighted by Crippen LogP contribution is 1.96. The molecule has 0 saturated heterocycles. The van der Waals surface area contributed by atoms with E-state index in [1.165, 1.54) is 0 Å². The van der Waals surface area contributed by atoms with Crippen LogP contribution in [0.1, 0.15) is 40.5 Å². The molecule has 0 bridgehead atoms. The monoisotopic (exact) mass is 242 g/mol. The van der Waals surface area contributed by atoms with Gasteiger partial charge in [-0.1, -0.05) is 26.0 Å². The van der Waals surface area contributed by atoms with Gasteiger partial charge in [-0.05, 0) is 26.7 Å². The fraction of sp³-hybridized carbons (Fsp3) is 0.786. The van der Waals surface area contributed by atoms with Gasteiger partial charge in [-0.15, -0.1) is 0 Å². The Kier molecular flexibility index (Phi) is 10.1. The van der Waals surface area contributed by atoms with Gasteiger partial charge >= 0.3 is 0 Å². The lowest BCUT2D eigenvalue weighted by Gasteiger charge is -2.05. The highest BCUT2D eigenvalue weighted by molar-refractivity contribution is 5.81. The molecule has 3 nitrogen and oxygen atoms in total. The molecule has 0 spiro atoms. The summed E-state index contributed by atoms with van der Waals surface area (Å²) in [6.45, 7) is 9.45. The minimum Gasteiger partial charge on any atom is -0.378 e. The van der Waals surface area contributed by atoms with E-state index in [9.17, 15) is 4.79 Å². The van der Waals surface area contributed by atoms with E-state index >= 15 is 0 Å². The molecule has 0 aromatic carbocycles. The van der Waals surface area contributed by atoms with Gasteiger partial charge in [0.25, 0.3) is 0 Å². The minimum atomic E-state index is 0.0683. The second-order valence-corrected chi connectivity index (χ2v) is 4.64. The lowest BCUT2D eigenvalue weighted by molar-refractivity contribution is -0.126. The summed E-state index contributed by atoms with van der Waals surface area (Å²) >= 11 is 0. The summed E-state index contributed by atoms with van der Waals surface area (Å²) in [6, 6.07) is 0. The summed E-state index contributed by atoms with van der Waals surface area (Å²) in [7, 11) is 0. The highest BCUT2D eigenvalue weighted by atomic mass is 16.5. The van der Waals surface area contributed by atoms with Crippen LogP contribution < -0.4 is 0 Å². The van der Waals surface area contributed by atoms with Gasteiger partial charge in [0.2, 0.25) is 0 Å². The zero-order chi connectivity index (χ0) is 13.1. The third-order valence-corrected chi connectivity index (χ3v) is 2.22. The molecule has 3 heteroatoms. The smallest absolute Gasteiger partial charge is 0.160 e. The van der Waals surface area contributed by atoms with Crippen LogP contribution in [-0.4, -0.2) is 31.7 Å². The topological polar surface area (TPSA) is 35.5 Å². The number of hydrogen-bond donors (Lipinski definition) is 0. The molecule has 0 radical (unpaired) electrons. The number of carbonyl (C=O) groups is 1. The Morgan fingerprint density at radius 2 is 1.65 bits per heavy atom. The van der Waals surface area contributed by atoms with Crippen molar-refractivity contribution in [2.24, 2.45) is 5.92 Å². The molecular formula is C14H26O3. The molecule has 0 fully saturated rings. The van der Waals surface area contributed by atoms with Crippen LogP contribution in [0.25, 0.3) is 0 Å². The molecule has 0 aromatic heterocycles. The first kappa shape index (κ1) is 16.3. The zero-order valence-electron chi connectivity index (χ0n) is 11.6. The molecule has 0 aliphatic heterocycles. The maximum Gasteiger partial charge on any atom is 0.160 e. The van der Waals surface area contributed by atoms with Gasteiger partial charge in [-0.2, -0.15) is 0 Å². The Bertz CT molecular complexity index is 220. The summed E-state index contributed by atoms with van der Waals surface area (Å²) in [6.07, 6.45) is 6.25. The number of ketones is 1. The van der Waals surface area contributed by atoms with E-state index in [-0.39, 0.29) is 18.3 Å². The summed E-state index contributed by atoms with van der Waals surface area (Å²) in [4.78, 5) is 11.2. The molecule has 0 atom stereocenters. The van der Waals surface area contributed by atoms with Gasteiger partial charge in [-0.3, -0.25) is 4.79 Å². The van der Waals surface area contributed by atoms with E-state index in [1.807, 2.05) is 27.7 Å². The van der Waals surface area contributed by atoms with Crippen molar-refractivity contribution in [3.8, 4) is 0 Å². The first-order valence-electron chi connectivity index (χ1n) is 6.41. The van der Waals surface area contributed by atoms with Gasteiger partial charge in [-0.25, -0.2) is 0 Å². The Labute approximate surface area is 105 Å². The molecule has 0 N–H and O–H groups in total. The van der Waals surface area contributed by atoms with E-state index in [1.54, 1.807) is 0 Å². The molecule has 0 amide bonds. The third kappa shape index (κ3) is 11.6. The van der Waals surface area contributed by atoms with Gasteiger partial charge in [0.1, 0.15) is 6.61 Å². The maximum atomic E-state index is 11.2. The van der Waals surface area contributed by atoms with Crippen molar-refractivity contribution >= 4 is 5.78 Å². The molecule has 0 unspecified atom stereocenters. The molecular weight excluding hydrogens is 216 g/mol. The SMILES string of the molecule is CC(C)OCC/C=C/CCOCC(=O)C(C)C. The van der Waals surface area contributed by atoms with Crippen LogP contribution in [0.15, 0.2) is 12.2 Å². The number of carbonyl (C=O) groups excluding carboxylic acids is 1. The number of hydrogen-bond acceptors (Lipinski definition) is 3. The third-order valence-electron chi connectivity index (χ3n) is 2.22. The van der Waals surface area contributed by atoms with Gasteiger partial charge in [0.05, 0.1) is 19.3 Å². The second kappa shape index (κ2) is 10.5. The predicted octanol–water partition coefficient (Wildman–Crippen LogP) is 2.99. The van der Waals surface area contributed by atoms with Crippen molar-refractivity contribution in [1.82, 2.24) is 0 Å². The van der Waals surface area contributed by atoms with E-state index in [0.717, 1.165) is 19.4 Å². The van der Waals surface area contributed by atoms with Crippen molar-refractivity contribution in [2.45, 2.75) is 46.6 Å². The lowest BCUT2D eigenvalue weighted by atomic mass is 10.1. The van der Waals surface area contributed by atoms with Crippen LogP contribution in [0.4, 0.5) is 0 Å². The highest BCUT2D eigenvalue weighted by Gasteiger charge is 2.05. The predicted molar refractivity (Wildman–Crippen MR) is 70.1 cm³/mol. The Morgan fingerprint density at radius 1 is 1.06 bits per heavy atom. The summed E-state index contributed by atoms with van der Waals surface area (Å²) in [5.74, 6) is 0.234. The first-order chi connectivity index (χ1) is 8.04. The molecule has 0 aliphatic carbocycles. The average molecular weight is 242 g/mol. The van der Waals surface area contributed by atoms with Crippen LogP contribution in [0.5, 0.6) is 0 Å². The Morgan fingerprint density at radius 3 is 2.18 bits per heavy atom. The zero-order valence-corrected chi connectivity index (χ0v) is 11.6. The quantitative estimate of drug-likeness (QED) is 0.436. The van der Waals surface area contributed by atoms with E-state index in [2.05, 4.69) is 12.2 Å². The maximum absolute atomic E-state index is 11.2. The summed E-state index contributed by atoms with van der Waals surface area (Å²) < 4.78 is 10.7. The van der Waals surface area contributed by atoms with Crippen LogP contribution in [-0.2, 0) is 14.3 Å². The first-order valence-corrected chi connectivity index (χ1v) is 6.41. The van der Waals surface area contributed by atoms with Gasteiger partial charge in [0.15, 0.2) is 5.78 Å². The molecule has 0 aromatic rings. The van der Waals surface area contributed by atoms with Crippen LogP contribution in [0.2, 0.25) is 0 Å². The minimum absolute atomic E-state index is 0.0683. The van der Waals surface area contributed by atoms with Crippen LogP contribution in [0.3, 0.4) is 0 Å². The Hall–Kier alpha value is -0.670. The van der Waals surface area contributed by atoms with E-state index < -0.39 is 0 Å². The molecule has 0 saturated carbocycles. The fourth-order valence-corrected chi connectivity index (χ4v) is 1.10.